The maximum absolute atomic E-state index is 13.8. The molecule has 28 heavy (non-hydrogen) atoms. The third kappa shape index (κ3) is 3.81. The lowest BCUT2D eigenvalue weighted by Crippen LogP contribution is -2.27. The average molecular weight is 394 g/mol. The van der Waals surface area contributed by atoms with Crippen LogP contribution in [0.4, 0.5) is 9.52 Å². The number of carbonyl (C=O) groups is 1. The number of thiazole rings is 1. The Hall–Kier alpha value is -3.39. The number of para-hydroxylation sites is 1. The van der Waals surface area contributed by atoms with Crippen molar-refractivity contribution in [1.82, 2.24) is 14.5 Å². The van der Waals surface area contributed by atoms with E-state index in [0.717, 1.165) is 4.88 Å². The van der Waals surface area contributed by atoms with Gasteiger partial charge in [-0.15, -0.1) is 11.3 Å². The zero-order chi connectivity index (χ0) is 19.5. The fourth-order valence-electron chi connectivity index (χ4n) is 2.81. The molecule has 0 unspecified atom stereocenters. The van der Waals surface area contributed by atoms with E-state index >= 15 is 0 Å². The molecular formula is C20H15FN4O2S. The van der Waals surface area contributed by atoms with Crippen molar-refractivity contribution in [3.63, 3.8) is 0 Å². The van der Waals surface area contributed by atoms with Crippen LogP contribution in [0.3, 0.4) is 0 Å². The van der Waals surface area contributed by atoms with Gasteiger partial charge in [-0.2, -0.15) is 0 Å². The molecule has 1 N–H and O–H groups in total. The van der Waals surface area contributed by atoms with Gasteiger partial charge >= 0.3 is 0 Å². The number of aromatic nitrogens is 3. The van der Waals surface area contributed by atoms with Gasteiger partial charge in [-0.05, 0) is 23.8 Å². The van der Waals surface area contributed by atoms with Crippen LogP contribution in [0.15, 0.2) is 65.8 Å². The molecule has 6 nitrogen and oxygen atoms in total. The van der Waals surface area contributed by atoms with E-state index in [-0.39, 0.29) is 23.8 Å². The largest absolute Gasteiger partial charge is 0.300 e. The summed E-state index contributed by atoms with van der Waals surface area (Å²) in [4.78, 5) is 33.9. The smallest absolute Gasteiger partial charge is 0.261 e. The van der Waals surface area contributed by atoms with Crippen LogP contribution in [-0.2, 0) is 17.8 Å². The minimum absolute atomic E-state index is 0.168. The van der Waals surface area contributed by atoms with Crippen molar-refractivity contribution in [2.24, 2.45) is 0 Å². The maximum atomic E-state index is 13.8. The summed E-state index contributed by atoms with van der Waals surface area (Å²) in [5.74, 6) is -0.657. The predicted molar refractivity (Wildman–Crippen MR) is 106 cm³/mol. The molecule has 1 amide bonds. The molecule has 4 aromatic rings. The normalized spacial score (nSPS) is 10.9. The lowest BCUT2D eigenvalue weighted by molar-refractivity contribution is -0.116. The standard InChI is InChI=1S/C20H15FN4O2S/c21-16-7-3-1-5-13(16)9-14-10-22-20(28-14)24-18(26)11-25-12-23-17-8-4-2-6-15(17)19(25)27/h1-8,10,12H,9,11H2,(H,22,24,26). The van der Waals surface area contributed by atoms with Crippen LogP contribution in [-0.4, -0.2) is 20.4 Å². The Balaban J connectivity index is 1.45. The number of hydrogen-bond acceptors (Lipinski definition) is 5. The van der Waals surface area contributed by atoms with Crippen molar-refractivity contribution in [3.05, 3.63) is 87.7 Å². The molecule has 0 atom stereocenters. The molecule has 4 rings (SSSR count). The highest BCUT2D eigenvalue weighted by Crippen LogP contribution is 2.22. The number of carbonyl (C=O) groups excluding carboxylic acids is 1. The molecule has 0 radical (unpaired) electrons. The van der Waals surface area contributed by atoms with Gasteiger partial charge in [0.05, 0.1) is 17.2 Å². The van der Waals surface area contributed by atoms with Crippen molar-refractivity contribution >= 4 is 33.3 Å². The SMILES string of the molecule is O=C(Cn1cnc2ccccc2c1=O)Nc1ncc(Cc2ccccc2F)s1. The highest BCUT2D eigenvalue weighted by Gasteiger charge is 2.11. The first-order valence-electron chi connectivity index (χ1n) is 8.52. The lowest BCUT2D eigenvalue weighted by Gasteiger charge is -2.06. The van der Waals surface area contributed by atoms with Crippen molar-refractivity contribution in [3.8, 4) is 0 Å². The second-order valence-corrected chi connectivity index (χ2v) is 7.26. The van der Waals surface area contributed by atoms with Crippen molar-refractivity contribution in [1.29, 1.82) is 0 Å². The quantitative estimate of drug-likeness (QED) is 0.564. The third-order valence-corrected chi connectivity index (χ3v) is 5.08. The van der Waals surface area contributed by atoms with Crippen LogP contribution >= 0.6 is 11.3 Å². The predicted octanol–water partition coefficient (Wildman–Crippen LogP) is 3.22. The molecule has 0 saturated heterocycles. The van der Waals surface area contributed by atoms with Crippen molar-refractivity contribution < 1.29 is 9.18 Å². The van der Waals surface area contributed by atoms with E-state index in [0.29, 0.717) is 28.0 Å². The Labute approximate surface area is 163 Å². The van der Waals surface area contributed by atoms with Crippen LogP contribution in [0.1, 0.15) is 10.4 Å². The summed E-state index contributed by atoms with van der Waals surface area (Å²) in [5, 5.41) is 3.53. The monoisotopic (exact) mass is 394 g/mol. The second-order valence-electron chi connectivity index (χ2n) is 6.14. The third-order valence-electron chi connectivity index (χ3n) is 4.17. The topological polar surface area (TPSA) is 76.9 Å². The van der Waals surface area contributed by atoms with Crippen molar-refractivity contribution in [2.75, 3.05) is 5.32 Å². The number of rotatable bonds is 5. The highest BCUT2D eigenvalue weighted by molar-refractivity contribution is 7.15. The van der Waals surface area contributed by atoms with Gasteiger partial charge in [0.15, 0.2) is 5.13 Å². The van der Waals surface area contributed by atoms with E-state index < -0.39 is 0 Å². The molecule has 140 valence electrons. The van der Waals surface area contributed by atoms with Gasteiger partial charge in [-0.25, -0.2) is 14.4 Å². The number of fused-ring (bicyclic) bond motifs is 1. The minimum Gasteiger partial charge on any atom is -0.300 e. The maximum Gasteiger partial charge on any atom is 0.261 e. The van der Waals surface area contributed by atoms with Gasteiger partial charge in [0, 0.05) is 17.5 Å². The van der Waals surface area contributed by atoms with E-state index in [1.165, 1.54) is 28.3 Å². The number of amides is 1. The fourth-order valence-corrected chi connectivity index (χ4v) is 3.66. The van der Waals surface area contributed by atoms with Gasteiger partial charge in [-0.1, -0.05) is 30.3 Å². The van der Waals surface area contributed by atoms with Crippen molar-refractivity contribution in [2.45, 2.75) is 13.0 Å². The first-order chi connectivity index (χ1) is 13.6. The Kier molecular flexibility index (Phi) is 4.94. The fraction of sp³-hybridized carbons (Fsp3) is 0.100. The molecule has 0 aliphatic rings. The average Bonchev–Trinajstić information content (AvgIpc) is 3.13. The Morgan fingerprint density at radius 2 is 1.89 bits per heavy atom. The molecule has 0 saturated carbocycles. The molecule has 2 heterocycles. The molecule has 2 aromatic heterocycles. The summed E-state index contributed by atoms with van der Waals surface area (Å²) >= 11 is 1.27. The Bertz CT molecular complexity index is 1220. The van der Waals surface area contributed by atoms with E-state index in [1.807, 2.05) is 0 Å². The number of hydrogen-bond donors (Lipinski definition) is 1. The zero-order valence-electron chi connectivity index (χ0n) is 14.6. The minimum atomic E-state index is -0.383. The second kappa shape index (κ2) is 7.69. The first-order valence-corrected chi connectivity index (χ1v) is 9.34. The van der Waals surface area contributed by atoms with E-state index in [1.54, 1.807) is 48.7 Å². The Morgan fingerprint density at radius 3 is 2.75 bits per heavy atom. The molecule has 0 fully saturated rings. The lowest BCUT2D eigenvalue weighted by atomic mass is 10.1. The van der Waals surface area contributed by atoms with Gasteiger partial charge < -0.3 is 5.32 Å². The molecule has 8 heteroatoms. The molecular weight excluding hydrogens is 379 g/mol. The van der Waals surface area contributed by atoms with Crippen LogP contribution in [0.2, 0.25) is 0 Å². The summed E-state index contributed by atoms with van der Waals surface area (Å²) in [6.45, 7) is -0.168. The van der Waals surface area contributed by atoms with E-state index in [9.17, 15) is 14.0 Å². The van der Waals surface area contributed by atoms with Gasteiger partial charge in [0.2, 0.25) is 5.91 Å². The van der Waals surface area contributed by atoms with Gasteiger partial charge in [0.25, 0.3) is 5.56 Å². The molecule has 0 aliphatic carbocycles. The summed E-state index contributed by atoms with van der Waals surface area (Å²) in [5.41, 5.74) is 0.875. The molecule has 0 aliphatic heterocycles. The number of nitrogens with one attached hydrogen (secondary N) is 1. The number of halogens is 1. The summed E-state index contributed by atoms with van der Waals surface area (Å²) in [6.07, 6.45) is 3.36. The molecule has 0 bridgehead atoms. The number of nitrogens with zero attached hydrogens (tertiary/aromatic N) is 3. The summed E-state index contributed by atoms with van der Waals surface area (Å²) < 4.78 is 15.0. The van der Waals surface area contributed by atoms with E-state index in [2.05, 4.69) is 15.3 Å². The van der Waals surface area contributed by atoms with Gasteiger partial charge in [0.1, 0.15) is 12.4 Å². The molecule has 2 aromatic carbocycles. The summed E-state index contributed by atoms with van der Waals surface area (Å²) in [7, 11) is 0. The zero-order valence-corrected chi connectivity index (χ0v) is 15.4. The van der Waals surface area contributed by atoms with Crippen LogP contribution in [0.25, 0.3) is 10.9 Å². The van der Waals surface area contributed by atoms with Gasteiger partial charge in [-0.3, -0.25) is 14.2 Å². The number of benzene rings is 2. The van der Waals surface area contributed by atoms with E-state index in [4.69, 9.17) is 0 Å². The first kappa shape index (κ1) is 18.0. The number of anilines is 1. The Morgan fingerprint density at radius 1 is 1.11 bits per heavy atom. The van der Waals surface area contributed by atoms with Crippen LogP contribution in [0.5, 0.6) is 0 Å². The molecule has 0 spiro atoms. The highest BCUT2D eigenvalue weighted by atomic mass is 32.1. The van der Waals surface area contributed by atoms with Crippen LogP contribution in [0, 0.1) is 5.82 Å². The van der Waals surface area contributed by atoms with Crippen LogP contribution < -0.4 is 10.9 Å². The summed E-state index contributed by atoms with van der Waals surface area (Å²) in [6, 6.07) is 13.5.